The fourth-order valence-corrected chi connectivity index (χ4v) is 5.57. The molecule has 6 nitrogen and oxygen atoms in total. The summed E-state index contributed by atoms with van der Waals surface area (Å²) >= 11 is 6.16. The Kier molecular flexibility index (Phi) is 8.53. The molecule has 0 saturated heterocycles. The highest BCUT2D eigenvalue weighted by molar-refractivity contribution is 7.89. The van der Waals surface area contributed by atoms with E-state index >= 15 is 0 Å². The van der Waals surface area contributed by atoms with Gasteiger partial charge in [0.2, 0.25) is 10.0 Å². The summed E-state index contributed by atoms with van der Waals surface area (Å²) in [6, 6.07) is 16.6. The molecule has 0 fully saturated rings. The monoisotopic (exact) mass is 517 g/mol. The van der Waals surface area contributed by atoms with Gasteiger partial charge in [-0.15, -0.1) is 0 Å². The van der Waals surface area contributed by atoms with Gasteiger partial charge in [-0.1, -0.05) is 30.7 Å². The summed E-state index contributed by atoms with van der Waals surface area (Å²) in [5, 5.41) is 3.18. The van der Waals surface area contributed by atoms with Crippen molar-refractivity contribution in [2.45, 2.75) is 37.8 Å². The number of benzene rings is 3. The van der Waals surface area contributed by atoms with Crippen LogP contribution in [0.15, 0.2) is 71.6 Å². The number of carbonyl (C=O) groups is 1. The van der Waals surface area contributed by atoms with E-state index in [4.69, 9.17) is 11.6 Å². The molecule has 0 radical (unpaired) electrons. The smallest absolute Gasteiger partial charge is 0.257 e. The van der Waals surface area contributed by atoms with Crippen molar-refractivity contribution >= 4 is 38.9 Å². The first-order valence-electron chi connectivity index (χ1n) is 11.2. The summed E-state index contributed by atoms with van der Waals surface area (Å²) in [6.07, 6.45) is 0.584. The molecule has 0 aliphatic heterocycles. The highest BCUT2D eigenvalue weighted by atomic mass is 35.5. The quantitative estimate of drug-likeness (QED) is 0.390. The predicted molar refractivity (Wildman–Crippen MR) is 139 cm³/mol. The second kappa shape index (κ2) is 11.2. The van der Waals surface area contributed by atoms with Crippen LogP contribution in [0.25, 0.3) is 0 Å². The summed E-state index contributed by atoms with van der Waals surface area (Å²) in [7, 11) is -0.183. The molecule has 0 unspecified atom stereocenters. The first-order chi connectivity index (χ1) is 16.5. The minimum Gasteiger partial charge on any atom is -0.377 e. The molecule has 186 valence electrons. The fraction of sp³-hybridized carbons (Fsp3) is 0.269. The number of halogens is 2. The summed E-state index contributed by atoms with van der Waals surface area (Å²) in [6.45, 7) is 3.81. The molecule has 3 rings (SSSR count). The highest BCUT2D eigenvalue weighted by Crippen LogP contribution is 2.29. The lowest BCUT2D eigenvalue weighted by atomic mass is 10.1. The molecule has 3 aromatic rings. The molecule has 1 atom stereocenters. The van der Waals surface area contributed by atoms with E-state index in [1.54, 1.807) is 36.4 Å². The standard InChI is InChI=1S/C26H29ClFN3O3S/c1-5-18(2)31(35(33,34)22-13-10-20(28)11-14-22)17-19-16-21(12-15-25(19)30(3)4)29-26(32)23-8-6-7-9-24(23)27/h6-16,18H,5,17H2,1-4H3,(H,29,32)/t18-/m1/s1. The first-order valence-corrected chi connectivity index (χ1v) is 13.0. The molecule has 0 aromatic heterocycles. The summed E-state index contributed by atoms with van der Waals surface area (Å²) in [4.78, 5) is 14.7. The van der Waals surface area contributed by atoms with E-state index in [0.717, 1.165) is 17.8 Å². The normalized spacial score (nSPS) is 12.4. The molecule has 0 bridgehead atoms. The summed E-state index contributed by atoms with van der Waals surface area (Å²) in [5.41, 5.74) is 2.37. The Labute approximate surface area is 211 Å². The predicted octanol–water partition coefficient (Wildman–Crippen LogP) is 5.79. The topological polar surface area (TPSA) is 69.7 Å². The molecule has 0 aliphatic carbocycles. The lowest BCUT2D eigenvalue weighted by Crippen LogP contribution is -2.38. The molecule has 0 saturated carbocycles. The van der Waals surface area contributed by atoms with E-state index in [0.29, 0.717) is 28.3 Å². The number of nitrogens with zero attached hydrogens (tertiary/aromatic N) is 2. The van der Waals surface area contributed by atoms with Crippen molar-refractivity contribution in [2.24, 2.45) is 0 Å². The van der Waals surface area contributed by atoms with E-state index in [1.807, 2.05) is 38.9 Å². The lowest BCUT2D eigenvalue weighted by Gasteiger charge is -2.30. The zero-order chi connectivity index (χ0) is 25.8. The molecule has 0 spiro atoms. The van der Waals surface area contributed by atoms with Crippen LogP contribution in [0.2, 0.25) is 5.02 Å². The van der Waals surface area contributed by atoms with Gasteiger partial charge in [0.25, 0.3) is 5.91 Å². The second-order valence-corrected chi connectivity index (χ2v) is 10.7. The Morgan fingerprint density at radius 1 is 1.06 bits per heavy atom. The van der Waals surface area contributed by atoms with Crippen LogP contribution in [0.1, 0.15) is 36.2 Å². The van der Waals surface area contributed by atoms with Crippen molar-refractivity contribution in [3.05, 3.63) is 88.7 Å². The number of carbonyl (C=O) groups excluding carboxylic acids is 1. The van der Waals surface area contributed by atoms with Crippen molar-refractivity contribution in [1.82, 2.24) is 4.31 Å². The van der Waals surface area contributed by atoms with Crippen LogP contribution in [0.4, 0.5) is 15.8 Å². The molecule has 0 aliphatic rings. The average molecular weight is 518 g/mol. The highest BCUT2D eigenvalue weighted by Gasteiger charge is 2.29. The Bertz CT molecular complexity index is 1300. The van der Waals surface area contributed by atoms with E-state index in [1.165, 1.54) is 16.4 Å². The number of nitrogens with one attached hydrogen (secondary N) is 1. The van der Waals surface area contributed by atoms with Gasteiger partial charge in [0, 0.05) is 38.1 Å². The maximum Gasteiger partial charge on any atom is 0.257 e. The maximum atomic E-state index is 13.5. The van der Waals surface area contributed by atoms with Crippen molar-refractivity contribution in [3.63, 3.8) is 0 Å². The van der Waals surface area contributed by atoms with Gasteiger partial charge < -0.3 is 10.2 Å². The Hall–Kier alpha value is -2.94. The number of sulfonamides is 1. The molecule has 9 heteroatoms. The zero-order valence-electron chi connectivity index (χ0n) is 20.1. The van der Waals surface area contributed by atoms with Crippen LogP contribution in [0.5, 0.6) is 0 Å². The van der Waals surface area contributed by atoms with Crippen molar-refractivity contribution in [3.8, 4) is 0 Å². The van der Waals surface area contributed by atoms with E-state index < -0.39 is 15.8 Å². The fourth-order valence-electron chi connectivity index (χ4n) is 3.66. The maximum absolute atomic E-state index is 13.5. The number of anilines is 2. The minimum absolute atomic E-state index is 0.0220. The van der Waals surface area contributed by atoms with E-state index in [9.17, 15) is 17.6 Å². The molecular weight excluding hydrogens is 489 g/mol. The molecule has 35 heavy (non-hydrogen) atoms. The first kappa shape index (κ1) is 26.7. The van der Waals surface area contributed by atoms with Crippen molar-refractivity contribution < 1.29 is 17.6 Å². The van der Waals surface area contributed by atoms with E-state index in [-0.39, 0.29) is 23.4 Å². The van der Waals surface area contributed by atoms with Crippen molar-refractivity contribution in [2.75, 3.05) is 24.3 Å². The minimum atomic E-state index is -3.91. The Balaban J connectivity index is 1.99. The third-order valence-corrected chi connectivity index (χ3v) is 8.07. The van der Waals surface area contributed by atoms with Gasteiger partial charge in [-0.05, 0) is 73.5 Å². The van der Waals surface area contributed by atoms with Crippen LogP contribution < -0.4 is 10.2 Å². The second-order valence-electron chi connectivity index (χ2n) is 8.43. The van der Waals surface area contributed by atoms with Gasteiger partial charge in [-0.2, -0.15) is 4.31 Å². The molecule has 0 heterocycles. The van der Waals surface area contributed by atoms with Crippen LogP contribution in [-0.2, 0) is 16.6 Å². The largest absolute Gasteiger partial charge is 0.377 e. The summed E-state index contributed by atoms with van der Waals surface area (Å²) in [5.74, 6) is -0.868. The molecular formula is C26H29ClFN3O3S. The van der Waals surface area contributed by atoms with Gasteiger partial charge in [0.15, 0.2) is 0 Å². The lowest BCUT2D eigenvalue weighted by molar-refractivity contribution is 0.102. The Morgan fingerprint density at radius 2 is 1.71 bits per heavy atom. The van der Waals surface area contributed by atoms with Gasteiger partial charge in [0.1, 0.15) is 5.82 Å². The van der Waals surface area contributed by atoms with Gasteiger partial charge in [-0.25, -0.2) is 12.8 Å². The Morgan fingerprint density at radius 3 is 2.31 bits per heavy atom. The summed E-state index contributed by atoms with van der Waals surface area (Å²) < 4.78 is 41.9. The van der Waals surface area contributed by atoms with Gasteiger partial charge in [0.05, 0.1) is 15.5 Å². The molecule has 1 N–H and O–H groups in total. The third kappa shape index (κ3) is 6.20. The SMILES string of the molecule is CC[C@@H](C)N(Cc1cc(NC(=O)c2ccccc2Cl)ccc1N(C)C)S(=O)(=O)c1ccc(F)cc1. The number of hydrogen-bond acceptors (Lipinski definition) is 4. The van der Waals surface area contributed by atoms with E-state index in [2.05, 4.69) is 5.32 Å². The number of hydrogen-bond donors (Lipinski definition) is 1. The molecule has 1 amide bonds. The van der Waals surface area contributed by atoms with Gasteiger partial charge >= 0.3 is 0 Å². The van der Waals surface area contributed by atoms with Crippen molar-refractivity contribution in [1.29, 1.82) is 0 Å². The number of amides is 1. The average Bonchev–Trinajstić information content (AvgIpc) is 2.82. The van der Waals surface area contributed by atoms with Crippen LogP contribution in [0, 0.1) is 5.82 Å². The molecule has 3 aromatic carbocycles. The number of rotatable bonds is 9. The van der Waals surface area contributed by atoms with Crippen LogP contribution in [-0.4, -0.2) is 38.8 Å². The third-order valence-electron chi connectivity index (χ3n) is 5.77. The zero-order valence-corrected chi connectivity index (χ0v) is 21.7. The van der Waals surface area contributed by atoms with Crippen LogP contribution in [0.3, 0.4) is 0 Å². The van der Waals surface area contributed by atoms with Crippen LogP contribution >= 0.6 is 11.6 Å². The van der Waals surface area contributed by atoms with Gasteiger partial charge in [-0.3, -0.25) is 4.79 Å².